The van der Waals surface area contributed by atoms with Crippen LogP contribution in [0.25, 0.3) is 22.0 Å². The van der Waals surface area contributed by atoms with Crippen molar-refractivity contribution in [3.63, 3.8) is 0 Å². The number of aryl methyl sites for hydroxylation is 1. The Morgan fingerprint density at radius 2 is 1.96 bits per heavy atom. The molecule has 3 rings (SSSR count). The first-order valence-electron chi connectivity index (χ1n) is 7.71. The lowest BCUT2D eigenvalue weighted by atomic mass is 9.97. The summed E-state index contributed by atoms with van der Waals surface area (Å²) in [6.07, 6.45) is 3.80. The first kappa shape index (κ1) is 14.9. The van der Waals surface area contributed by atoms with Crippen molar-refractivity contribution < 1.29 is 0 Å². The average Bonchev–Trinajstić information content (AvgIpc) is 2.94. The molecular weight excluding hydrogens is 282 g/mol. The first-order valence-corrected chi connectivity index (χ1v) is 7.71. The highest BCUT2D eigenvalue weighted by atomic mass is 14.7. The quantitative estimate of drug-likeness (QED) is 0.534. The van der Waals surface area contributed by atoms with E-state index in [9.17, 15) is 0 Å². The number of nitrogens with one attached hydrogen (secondary N) is 1. The molecule has 0 aliphatic carbocycles. The number of aromatic amines is 1. The van der Waals surface area contributed by atoms with Crippen molar-refractivity contribution >= 4 is 16.6 Å². The summed E-state index contributed by atoms with van der Waals surface area (Å²) < 4.78 is 0. The number of H-pyrrole nitrogens is 1. The van der Waals surface area contributed by atoms with Crippen LogP contribution in [0.4, 0.5) is 5.69 Å². The fourth-order valence-electron chi connectivity index (χ4n) is 3.04. The molecule has 3 aromatic rings. The molecule has 3 N–H and O–H groups in total. The summed E-state index contributed by atoms with van der Waals surface area (Å²) in [6, 6.07) is 16.5. The second-order valence-electron chi connectivity index (χ2n) is 5.56. The Morgan fingerprint density at radius 1 is 1.17 bits per heavy atom. The Bertz CT molecular complexity index is 883. The normalized spacial score (nSPS) is 10.6. The highest BCUT2D eigenvalue weighted by Crippen LogP contribution is 2.38. The van der Waals surface area contributed by atoms with E-state index in [1.54, 1.807) is 0 Å². The lowest BCUT2D eigenvalue weighted by molar-refractivity contribution is 1.02. The largest absolute Gasteiger partial charge is 0.398 e. The summed E-state index contributed by atoms with van der Waals surface area (Å²) in [5.74, 6) is 0. The van der Waals surface area contributed by atoms with E-state index in [0.29, 0.717) is 12.8 Å². The van der Waals surface area contributed by atoms with Crippen molar-refractivity contribution in [2.45, 2.75) is 19.3 Å². The number of hydrogen-bond acceptors (Lipinski definition) is 2. The topological polar surface area (TPSA) is 65.6 Å². The minimum Gasteiger partial charge on any atom is -0.398 e. The molecule has 0 amide bonds. The van der Waals surface area contributed by atoms with Gasteiger partial charge in [0.05, 0.1) is 6.07 Å². The number of benzene rings is 2. The van der Waals surface area contributed by atoms with Crippen molar-refractivity contribution in [3.05, 3.63) is 66.4 Å². The number of allylic oxidation sites excluding steroid dienone is 1. The smallest absolute Gasteiger partial charge is 0.0625 e. The zero-order valence-corrected chi connectivity index (χ0v) is 13.0. The van der Waals surface area contributed by atoms with Crippen LogP contribution < -0.4 is 5.73 Å². The highest BCUT2D eigenvalue weighted by Gasteiger charge is 2.16. The van der Waals surface area contributed by atoms with Gasteiger partial charge in [-0.3, -0.25) is 0 Å². The Labute approximate surface area is 136 Å². The lowest BCUT2D eigenvalue weighted by Crippen LogP contribution is -1.95. The third kappa shape index (κ3) is 2.72. The molecule has 0 saturated carbocycles. The minimum absolute atomic E-state index is 0.473. The molecule has 3 heteroatoms. The van der Waals surface area contributed by atoms with Gasteiger partial charge in [0.25, 0.3) is 0 Å². The molecule has 0 radical (unpaired) electrons. The van der Waals surface area contributed by atoms with Gasteiger partial charge in [-0.15, -0.1) is 6.58 Å². The molecule has 114 valence electrons. The van der Waals surface area contributed by atoms with Gasteiger partial charge in [0, 0.05) is 40.7 Å². The predicted octanol–water partition coefficient (Wildman–Crippen LogP) is 4.60. The second-order valence-corrected chi connectivity index (χ2v) is 5.56. The molecule has 0 saturated heterocycles. The van der Waals surface area contributed by atoms with E-state index in [-0.39, 0.29) is 0 Å². The fraction of sp³-hybridized carbons (Fsp3) is 0.150. The number of nitriles is 1. The van der Waals surface area contributed by atoms with Crippen LogP contribution in [0.5, 0.6) is 0 Å². The average molecular weight is 301 g/mol. The Morgan fingerprint density at radius 3 is 2.65 bits per heavy atom. The van der Waals surface area contributed by atoms with Crippen LogP contribution in [0, 0.1) is 11.3 Å². The number of anilines is 1. The van der Waals surface area contributed by atoms with Crippen LogP contribution in [0.1, 0.15) is 17.7 Å². The summed E-state index contributed by atoms with van der Waals surface area (Å²) in [5.41, 5.74) is 12.7. The Kier molecular flexibility index (Phi) is 4.16. The molecule has 0 atom stereocenters. The Hall–Kier alpha value is -2.99. The van der Waals surface area contributed by atoms with Crippen LogP contribution in [0.15, 0.2) is 55.1 Å². The third-order valence-electron chi connectivity index (χ3n) is 4.09. The fourth-order valence-corrected chi connectivity index (χ4v) is 3.04. The van der Waals surface area contributed by atoms with Crippen molar-refractivity contribution in [1.29, 1.82) is 5.26 Å². The number of rotatable bonds is 5. The van der Waals surface area contributed by atoms with Crippen LogP contribution in [0.3, 0.4) is 0 Å². The molecule has 0 unspecified atom stereocenters. The highest BCUT2D eigenvalue weighted by molar-refractivity contribution is 6.05. The van der Waals surface area contributed by atoms with Crippen molar-refractivity contribution in [2.75, 3.05) is 5.73 Å². The van der Waals surface area contributed by atoms with Crippen LogP contribution in [-0.4, -0.2) is 4.98 Å². The molecule has 0 aliphatic rings. The molecule has 0 fully saturated rings. The maximum Gasteiger partial charge on any atom is 0.0625 e. The SMILES string of the molecule is C=CCc1[nH]c2ccc(CCC#N)c(N)c2c1-c1ccccc1. The maximum absolute atomic E-state index is 8.83. The van der Waals surface area contributed by atoms with Crippen LogP contribution >= 0.6 is 0 Å². The van der Waals surface area contributed by atoms with E-state index < -0.39 is 0 Å². The Balaban J connectivity index is 2.27. The predicted molar refractivity (Wildman–Crippen MR) is 96.0 cm³/mol. The maximum atomic E-state index is 8.83. The van der Waals surface area contributed by atoms with Crippen LogP contribution in [-0.2, 0) is 12.8 Å². The van der Waals surface area contributed by atoms with E-state index in [2.05, 4.69) is 35.8 Å². The summed E-state index contributed by atoms with van der Waals surface area (Å²) in [6.45, 7) is 3.85. The molecular formula is C20H19N3. The van der Waals surface area contributed by atoms with Gasteiger partial charge in [0.2, 0.25) is 0 Å². The summed E-state index contributed by atoms with van der Waals surface area (Å²) >= 11 is 0. The second kappa shape index (κ2) is 6.41. The third-order valence-corrected chi connectivity index (χ3v) is 4.09. The van der Waals surface area contributed by atoms with Gasteiger partial charge in [-0.1, -0.05) is 42.5 Å². The van der Waals surface area contributed by atoms with E-state index in [4.69, 9.17) is 11.0 Å². The number of hydrogen-bond donors (Lipinski definition) is 2. The summed E-state index contributed by atoms with van der Waals surface area (Å²) in [7, 11) is 0. The van der Waals surface area contributed by atoms with Gasteiger partial charge >= 0.3 is 0 Å². The van der Waals surface area contributed by atoms with Gasteiger partial charge in [-0.05, 0) is 23.6 Å². The van der Waals surface area contributed by atoms with Crippen molar-refractivity contribution in [3.8, 4) is 17.2 Å². The van der Waals surface area contributed by atoms with Gasteiger partial charge in [0.15, 0.2) is 0 Å². The minimum atomic E-state index is 0.473. The molecule has 3 nitrogen and oxygen atoms in total. The number of nitrogens with two attached hydrogens (primary N) is 1. The number of fused-ring (bicyclic) bond motifs is 1. The van der Waals surface area contributed by atoms with E-state index in [1.807, 2.05) is 30.3 Å². The van der Waals surface area contributed by atoms with Gasteiger partial charge in [0.1, 0.15) is 0 Å². The first-order chi connectivity index (χ1) is 11.3. The lowest BCUT2D eigenvalue weighted by Gasteiger charge is -2.08. The molecule has 1 aromatic heterocycles. The number of nitrogens with zero attached hydrogens (tertiary/aromatic N) is 1. The van der Waals surface area contributed by atoms with Crippen molar-refractivity contribution in [1.82, 2.24) is 4.98 Å². The van der Waals surface area contributed by atoms with Crippen molar-refractivity contribution in [2.24, 2.45) is 0 Å². The van der Waals surface area contributed by atoms with Gasteiger partial charge in [-0.25, -0.2) is 0 Å². The van der Waals surface area contributed by atoms with E-state index >= 15 is 0 Å². The number of aromatic nitrogens is 1. The van der Waals surface area contributed by atoms with E-state index in [0.717, 1.165) is 45.4 Å². The summed E-state index contributed by atoms with van der Waals surface area (Å²) in [5, 5.41) is 9.88. The zero-order chi connectivity index (χ0) is 16.2. The van der Waals surface area contributed by atoms with Gasteiger partial charge in [-0.2, -0.15) is 5.26 Å². The van der Waals surface area contributed by atoms with E-state index in [1.165, 1.54) is 0 Å². The monoisotopic (exact) mass is 301 g/mol. The number of nitrogen functional groups attached to an aromatic ring is 1. The molecule has 0 aliphatic heterocycles. The summed E-state index contributed by atoms with van der Waals surface area (Å²) in [4.78, 5) is 3.47. The van der Waals surface area contributed by atoms with Gasteiger partial charge < -0.3 is 10.7 Å². The molecule has 2 aromatic carbocycles. The molecule has 0 bridgehead atoms. The van der Waals surface area contributed by atoms with Crippen LogP contribution in [0.2, 0.25) is 0 Å². The molecule has 1 heterocycles. The molecule has 0 spiro atoms. The molecule has 23 heavy (non-hydrogen) atoms. The zero-order valence-electron chi connectivity index (χ0n) is 13.0. The standard InChI is InChI=1S/C20H19N3/c1-2-7-16-18(14-8-4-3-5-9-14)19-17(23-16)12-11-15(20(19)22)10-6-13-21/h2-5,8-9,11-12,23H,1,6-7,10,22H2.